The molecule has 1 amide bonds. The SMILES string of the molecule is CC1(Cl)CS(=O)(=O)c2cc(C(=O)N=C(N)N)ccc21.COC(=O)c1ccc2c(c1)S(=O)(=O)CC2(C)Cl. The fourth-order valence-corrected chi connectivity index (χ4v) is 9.23. The predicted octanol–water partition coefficient (Wildman–Crippen LogP) is 2.06. The van der Waals surface area contributed by atoms with E-state index in [0.29, 0.717) is 11.1 Å². The van der Waals surface area contributed by atoms with Crippen LogP contribution in [0.3, 0.4) is 0 Å². The molecule has 2 atom stereocenters. The van der Waals surface area contributed by atoms with Crippen molar-refractivity contribution in [1.82, 2.24) is 0 Å². The number of rotatable bonds is 2. The number of nitrogens with zero attached hydrogens (tertiary/aromatic N) is 1. The quantitative estimate of drug-likeness (QED) is 0.235. The van der Waals surface area contributed by atoms with Gasteiger partial charge in [-0.05, 0) is 49.2 Å². The highest BCUT2D eigenvalue weighted by Gasteiger charge is 2.43. The zero-order valence-electron chi connectivity index (χ0n) is 19.4. The van der Waals surface area contributed by atoms with Gasteiger partial charge in [-0.2, -0.15) is 4.99 Å². The summed E-state index contributed by atoms with van der Waals surface area (Å²) in [5.41, 5.74) is 11.5. The number of carbonyl (C=O) groups is 2. The molecule has 2 aliphatic rings. The first-order chi connectivity index (χ1) is 16.4. The Balaban J connectivity index is 0.000000202. The molecule has 14 heteroatoms. The number of ether oxygens (including phenoxy) is 1. The molecule has 2 aromatic carbocycles. The summed E-state index contributed by atoms with van der Waals surface area (Å²) in [4.78, 5) is 24.6. The van der Waals surface area contributed by atoms with E-state index in [4.69, 9.17) is 34.7 Å². The number of methoxy groups -OCH3 is 1. The molecule has 0 fully saturated rings. The molecule has 0 aliphatic carbocycles. The van der Waals surface area contributed by atoms with Gasteiger partial charge in [-0.3, -0.25) is 4.79 Å². The summed E-state index contributed by atoms with van der Waals surface area (Å²) in [6, 6.07) is 8.64. The average Bonchev–Trinajstić information content (AvgIpc) is 3.07. The minimum atomic E-state index is -3.49. The van der Waals surface area contributed by atoms with Gasteiger partial charge in [-0.25, -0.2) is 21.6 Å². The lowest BCUT2D eigenvalue weighted by molar-refractivity contribution is 0.0600. The van der Waals surface area contributed by atoms with Crippen LogP contribution in [0, 0.1) is 0 Å². The molecule has 0 aromatic heterocycles. The predicted molar refractivity (Wildman–Crippen MR) is 135 cm³/mol. The van der Waals surface area contributed by atoms with Gasteiger partial charge in [0.05, 0.1) is 43.7 Å². The smallest absolute Gasteiger partial charge is 0.337 e. The molecule has 10 nitrogen and oxygen atoms in total. The van der Waals surface area contributed by atoms with E-state index in [-0.39, 0.29) is 38.4 Å². The second-order valence-electron chi connectivity index (χ2n) is 8.67. The van der Waals surface area contributed by atoms with Crippen molar-refractivity contribution in [2.24, 2.45) is 16.5 Å². The molecule has 2 aromatic rings. The topological polar surface area (TPSA) is 176 Å². The van der Waals surface area contributed by atoms with Gasteiger partial charge in [-0.15, -0.1) is 23.2 Å². The summed E-state index contributed by atoms with van der Waals surface area (Å²) in [5.74, 6) is -1.99. The van der Waals surface area contributed by atoms with E-state index >= 15 is 0 Å². The van der Waals surface area contributed by atoms with E-state index < -0.39 is 41.3 Å². The molecule has 194 valence electrons. The zero-order valence-corrected chi connectivity index (χ0v) is 22.6. The number of hydrogen-bond donors (Lipinski definition) is 2. The van der Waals surface area contributed by atoms with E-state index in [1.165, 1.54) is 37.4 Å². The molecule has 2 unspecified atom stereocenters. The fraction of sp³-hybridized carbons (Fsp3) is 0.318. The van der Waals surface area contributed by atoms with Crippen molar-refractivity contribution in [2.75, 3.05) is 18.6 Å². The highest BCUT2D eigenvalue weighted by atomic mass is 35.5. The van der Waals surface area contributed by atoms with Gasteiger partial charge in [0.2, 0.25) is 0 Å². The van der Waals surface area contributed by atoms with Crippen LogP contribution in [0.5, 0.6) is 0 Å². The first kappa shape index (κ1) is 27.9. The van der Waals surface area contributed by atoms with Crippen LogP contribution in [-0.2, 0) is 34.2 Å². The normalized spacial score (nSPS) is 24.5. The third-order valence-corrected chi connectivity index (χ3v) is 10.5. The van der Waals surface area contributed by atoms with Gasteiger partial charge in [0.25, 0.3) is 5.91 Å². The Morgan fingerprint density at radius 2 is 1.28 bits per heavy atom. The van der Waals surface area contributed by atoms with Gasteiger partial charge in [0.1, 0.15) is 0 Å². The molecule has 2 aliphatic heterocycles. The number of halogens is 2. The Hall–Kier alpha value is -2.67. The summed E-state index contributed by atoms with van der Waals surface area (Å²) >= 11 is 12.3. The summed E-state index contributed by atoms with van der Waals surface area (Å²) in [6.07, 6.45) is 0. The number of fused-ring (bicyclic) bond motifs is 2. The van der Waals surface area contributed by atoms with Crippen LogP contribution >= 0.6 is 23.2 Å². The molecule has 2 heterocycles. The average molecular weight is 576 g/mol. The number of carbonyl (C=O) groups excluding carboxylic acids is 2. The molecule has 0 radical (unpaired) electrons. The number of esters is 1. The van der Waals surface area contributed by atoms with Crippen LogP contribution in [0.1, 0.15) is 45.7 Å². The minimum absolute atomic E-state index is 0.0571. The number of hydrogen-bond acceptors (Lipinski definition) is 7. The van der Waals surface area contributed by atoms with Crippen LogP contribution in [0.25, 0.3) is 0 Å². The van der Waals surface area contributed by atoms with Crippen molar-refractivity contribution in [2.45, 2.75) is 33.4 Å². The molecular formula is C22H23Cl2N3O7S2. The molecule has 4 N–H and O–H groups in total. The zero-order chi connectivity index (χ0) is 27.3. The Labute approximate surface area is 218 Å². The number of sulfone groups is 2. The van der Waals surface area contributed by atoms with Gasteiger partial charge in [0.15, 0.2) is 25.6 Å². The number of aliphatic imine (C=N–C) groups is 1. The number of amides is 1. The maximum atomic E-state index is 12.0. The number of nitrogens with two attached hydrogens (primary N) is 2. The van der Waals surface area contributed by atoms with Crippen molar-refractivity contribution in [1.29, 1.82) is 0 Å². The highest BCUT2D eigenvalue weighted by Crippen LogP contribution is 2.44. The molecule has 0 bridgehead atoms. The van der Waals surface area contributed by atoms with E-state index in [0.717, 1.165) is 0 Å². The second-order valence-corrected chi connectivity index (χ2v) is 14.3. The number of guanidine groups is 1. The molecular weight excluding hydrogens is 553 g/mol. The Morgan fingerprint density at radius 3 is 1.69 bits per heavy atom. The van der Waals surface area contributed by atoms with Crippen LogP contribution in [-0.4, -0.2) is 53.3 Å². The first-order valence-corrected chi connectivity index (χ1v) is 14.3. The summed E-state index contributed by atoms with van der Waals surface area (Å²) in [7, 11) is -5.66. The standard InChI is InChI=1S/C11H12ClN3O3S.C11H11ClO4S/c1-11(12)5-19(17,18)8-4-6(2-3-7(8)11)9(16)15-10(13)14;1-11(12)6-17(14,15)9-5-7(10(13)16-2)3-4-8(9)11/h2-4H,5H2,1H3,(H4,13,14,15,16);3-5H,6H2,1-2H3. The minimum Gasteiger partial charge on any atom is -0.465 e. The molecule has 0 spiro atoms. The van der Waals surface area contributed by atoms with Gasteiger partial charge in [-0.1, -0.05) is 12.1 Å². The number of benzene rings is 2. The third-order valence-electron chi connectivity index (χ3n) is 5.58. The Morgan fingerprint density at radius 1 is 0.861 bits per heavy atom. The summed E-state index contributed by atoms with van der Waals surface area (Å²) < 4.78 is 52.3. The first-order valence-electron chi connectivity index (χ1n) is 10.3. The lowest BCUT2D eigenvalue weighted by atomic mass is 10.0. The summed E-state index contributed by atoms with van der Waals surface area (Å²) in [5, 5.41) is 0. The van der Waals surface area contributed by atoms with E-state index in [1.54, 1.807) is 19.9 Å². The molecule has 4 rings (SSSR count). The largest absolute Gasteiger partial charge is 0.465 e. The van der Waals surface area contributed by atoms with Crippen molar-refractivity contribution >= 4 is 60.7 Å². The van der Waals surface area contributed by atoms with Gasteiger partial charge in [0, 0.05) is 5.56 Å². The van der Waals surface area contributed by atoms with Gasteiger partial charge >= 0.3 is 5.97 Å². The third kappa shape index (κ3) is 5.36. The highest BCUT2D eigenvalue weighted by molar-refractivity contribution is 7.92. The van der Waals surface area contributed by atoms with Crippen molar-refractivity contribution < 1.29 is 31.2 Å². The molecule has 0 saturated carbocycles. The fourth-order valence-electron chi connectivity index (χ4n) is 4.00. The van der Waals surface area contributed by atoms with Crippen LogP contribution in [0.4, 0.5) is 0 Å². The van der Waals surface area contributed by atoms with Crippen LogP contribution in [0.2, 0.25) is 0 Å². The van der Waals surface area contributed by atoms with Crippen LogP contribution in [0.15, 0.2) is 51.2 Å². The monoisotopic (exact) mass is 575 g/mol. The summed E-state index contributed by atoms with van der Waals surface area (Å²) in [6.45, 7) is 3.27. The Kier molecular flexibility index (Phi) is 7.23. The number of alkyl halides is 2. The van der Waals surface area contributed by atoms with Crippen LogP contribution < -0.4 is 11.5 Å². The lowest BCUT2D eigenvalue weighted by Crippen LogP contribution is -2.24. The maximum Gasteiger partial charge on any atom is 0.337 e. The van der Waals surface area contributed by atoms with E-state index in [1.807, 2.05) is 0 Å². The van der Waals surface area contributed by atoms with Crippen molar-refractivity contribution in [3.05, 3.63) is 58.7 Å². The van der Waals surface area contributed by atoms with Crippen molar-refractivity contribution in [3.63, 3.8) is 0 Å². The molecule has 36 heavy (non-hydrogen) atoms. The molecule has 0 saturated heterocycles. The van der Waals surface area contributed by atoms with Crippen molar-refractivity contribution in [3.8, 4) is 0 Å². The lowest BCUT2D eigenvalue weighted by Gasteiger charge is -2.13. The second kappa shape index (κ2) is 9.33. The van der Waals surface area contributed by atoms with E-state index in [2.05, 4.69) is 9.73 Å². The Bertz CT molecular complexity index is 1510. The van der Waals surface area contributed by atoms with Gasteiger partial charge < -0.3 is 16.2 Å². The maximum absolute atomic E-state index is 12.0. The van der Waals surface area contributed by atoms with E-state index in [9.17, 15) is 26.4 Å².